The maximum atomic E-state index is 4.29. The highest BCUT2D eigenvalue weighted by molar-refractivity contribution is 7.09. The van der Waals surface area contributed by atoms with E-state index in [0.717, 1.165) is 37.6 Å². The molecule has 0 spiro atoms. The number of nitrogens with zero attached hydrogens (tertiary/aromatic N) is 3. The van der Waals surface area contributed by atoms with Gasteiger partial charge in [0.05, 0.1) is 16.9 Å². The highest BCUT2D eigenvalue weighted by atomic mass is 32.1. The summed E-state index contributed by atoms with van der Waals surface area (Å²) in [6.45, 7) is 5.85. The molecule has 0 unspecified atom stereocenters. The highest BCUT2D eigenvalue weighted by Crippen LogP contribution is 2.13. The third-order valence-electron chi connectivity index (χ3n) is 2.96. The van der Waals surface area contributed by atoms with Crippen LogP contribution in [0, 0.1) is 6.92 Å². The molecule has 0 radical (unpaired) electrons. The molecule has 1 N–H and O–H groups in total. The van der Waals surface area contributed by atoms with Crippen LogP contribution in [0.2, 0.25) is 0 Å². The summed E-state index contributed by atoms with van der Waals surface area (Å²) in [5.74, 6) is 0. The number of likely N-dealkylation sites (N-methyl/N-ethyl adjacent to an activating group) is 1. The standard InChI is InChI=1S/C14H20N4S/c1-12-14(19-11-17-12)10-18(2)8-7-15-9-13-5-3-4-6-16-13/h3-6,11,15H,7-10H2,1-2H3. The van der Waals surface area contributed by atoms with E-state index in [1.807, 2.05) is 29.9 Å². The fourth-order valence-electron chi connectivity index (χ4n) is 1.79. The third-order valence-corrected chi connectivity index (χ3v) is 3.88. The van der Waals surface area contributed by atoms with Crippen molar-refractivity contribution in [1.82, 2.24) is 20.2 Å². The van der Waals surface area contributed by atoms with E-state index >= 15 is 0 Å². The predicted octanol–water partition coefficient (Wildman–Crippen LogP) is 2.07. The first-order valence-corrected chi connectivity index (χ1v) is 7.32. The van der Waals surface area contributed by atoms with Crippen molar-refractivity contribution >= 4 is 11.3 Å². The molecule has 19 heavy (non-hydrogen) atoms. The van der Waals surface area contributed by atoms with E-state index in [9.17, 15) is 0 Å². The van der Waals surface area contributed by atoms with E-state index < -0.39 is 0 Å². The molecule has 0 aliphatic heterocycles. The number of thiazole rings is 1. The van der Waals surface area contributed by atoms with E-state index in [1.54, 1.807) is 11.3 Å². The third kappa shape index (κ3) is 4.70. The molecule has 2 aromatic rings. The van der Waals surface area contributed by atoms with Gasteiger partial charge in [0.25, 0.3) is 0 Å². The average molecular weight is 276 g/mol. The molecule has 0 atom stereocenters. The normalized spacial score (nSPS) is 11.1. The number of hydrogen-bond acceptors (Lipinski definition) is 5. The lowest BCUT2D eigenvalue weighted by Gasteiger charge is -2.16. The van der Waals surface area contributed by atoms with Crippen molar-refractivity contribution in [3.05, 3.63) is 46.2 Å². The fraction of sp³-hybridized carbons (Fsp3) is 0.429. The number of aryl methyl sites for hydroxylation is 1. The van der Waals surface area contributed by atoms with Crippen LogP contribution in [0.15, 0.2) is 29.9 Å². The Morgan fingerprint density at radius 3 is 2.89 bits per heavy atom. The van der Waals surface area contributed by atoms with Gasteiger partial charge in [0.2, 0.25) is 0 Å². The Labute approximate surface area is 118 Å². The van der Waals surface area contributed by atoms with Crippen LogP contribution >= 0.6 is 11.3 Å². The van der Waals surface area contributed by atoms with E-state index in [-0.39, 0.29) is 0 Å². The summed E-state index contributed by atoms with van der Waals surface area (Å²) in [6, 6.07) is 5.99. The SMILES string of the molecule is Cc1ncsc1CN(C)CCNCc1ccccn1. The first-order valence-electron chi connectivity index (χ1n) is 6.44. The minimum atomic E-state index is 0.828. The Balaban J connectivity index is 1.64. The maximum Gasteiger partial charge on any atom is 0.0798 e. The number of aromatic nitrogens is 2. The molecule has 0 amide bonds. The van der Waals surface area contributed by atoms with E-state index in [1.165, 1.54) is 4.88 Å². The Morgan fingerprint density at radius 1 is 1.32 bits per heavy atom. The lowest BCUT2D eigenvalue weighted by atomic mass is 10.3. The maximum absolute atomic E-state index is 4.29. The zero-order valence-corrected chi connectivity index (χ0v) is 12.3. The van der Waals surface area contributed by atoms with Gasteiger partial charge in [-0.2, -0.15) is 0 Å². The smallest absolute Gasteiger partial charge is 0.0798 e. The minimum Gasteiger partial charge on any atom is -0.310 e. The van der Waals surface area contributed by atoms with Gasteiger partial charge < -0.3 is 5.32 Å². The number of rotatable bonds is 7. The molecule has 5 heteroatoms. The molecule has 2 aromatic heterocycles. The molecule has 0 aromatic carbocycles. The van der Waals surface area contributed by atoms with Crippen LogP contribution in [0.5, 0.6) is 0 Å². The Bertz CT molecular complexity index is 483. The van der Waals surface area contributed by atoms with Crippen molar-refractivity contribution in [3.63, 3.8) is 0 Å². The summed E-state index contributed by atoms with van der Waals surface area (Å²) in [6.07, 6.45) is 1.83. The molecule has 0 aliphatic rings. The summed E-state index contributed by atoms with van der Waals surface area (Å²) in [5.41, 5.74) is 4.15. The van der Waals surface area contributed by atoms with Crippen LogP contribution in [0.3, 0.4) is 0 Å². The van der Waals surface area contributed by atoms with Crippen LogP contribution in [0.25, 0.3) is 0 Å². The van der Waals surface area contributed by atoms with Gasteiger partial charge >= 0.3 is 0 Å². The summed E-state index contributed by atoms with van der Waals surface area (Å²) in [4.78, 5) is 12.2. The molecular weight excluding hydrogens is 256 g/mol. The first-order chi connectivity index (χ1) is 9.25. The van der Waals surface area contributed by atoms with Gasteiger partial charge in [-0.1, -0.05) is 6.07 Å². The fourth-order valence-corrected chi connectivity index (χ4v) is 2.65. The summed E-state index contributed by atoms with van der Waals surface area (Å²) in [7, 11) is 2.14. The van der Waals surface area contributed by atoms with Crippen LogP contribution in [-0.2, 0) is 13.1 Å². The topological polar surface area (TPSA) is 41.1 Å². The summed E-state index contributed by atoms with van der Waals surface area (Å²) < 4.78 is 0. The van der Waals surface area contributed by atoms with Crippen LogP contribution in [0.4, 0.5) is 0 Å². The van der Waals surface area contributed by atoms with Gasteiger partial charge in [-0.3, -0.25) is 9.88 Å². The Morgan fingerprint density at radius 2 is 2.21 bits per heavy atom. The molecule has 0 saturated heterocycles. The monoisotopic (exact) mass is 276 g/mol. The van der Waals surface area contributed by atoms with Gasteiger partial charge in [-0.15, -0.1) is 11.3 Å². The van der Waals surface area contributed by atoms with E-state index in [0.29, 0.717) is 0 Å². The van der Waals surface area contributed by atoms with E-state index in [2.05, 4.69) is 34.2 Å². The van der Waals surface area contributed by atoms with Crippen molar-refractivity contribution in [2.75, 3.05) is 20.1 Å². The van der Waals surface area contributed by atoms with Crippen LogP contribution in [0.1, 0.15) is 16.3 Å². The average Bonchev–Trinajstić information content (AvgIpc) is 2.82. The van der Waals surface area contributed by atoms with Crippen molar-refractivity contribution in [2.45, 2.75) is 20.0 Å². The quantitative estimate of drug-likeness (QED) is 0.786. The van der Waals surface area contributed by atoms with E-state index in [4.69, 9.17) is 0 Å². The zero-order chi connectivity index (χ0) is 13.5. The van der Waals surface area contributed by atoms with Gasteiger partial charge in [0.1, 0.15) is 0 Å². The molecule has 4 nitrogen and oxygen atoms in total. The minimum absolute atomic E-state index is 0.828. The highest BCUT2D eigenvalue weighted by Gasteiger charge is 2.05. The van der Waals surface area contributed by atoms with Crippen molar-refractivity contribution < 1.29 is 0 Å². The largest absolute Gasteiger partial charge is 0.310 e. The lowest BCUT2D eigenvalue weighted by molar-refractivity contribution is 0.326. The molecule has 0 saturated carbocycles. The van der Waals surface area contributed by atoms with Gasteiger partial charge in [-0.25, -0.2) is 4.98 Å². The number of pyridine rings is 1. The molecule has 2 heterocycles. The molecular formula is C14H20N4S. The summed E-state index contributed by atoms with van der Waals surface area (Å²) >= 11 is 1.73. The summed E-state index contributed by atoms with van der Waals surface area (Å²) in [5, 5.41) is 3.41. The number of nitrogens with one attached hydrogen (secondary N) is 1. The second-order valence-corrected chi connectivity index (χ2v) is 5.54. The van der Waals surface area contributed by atoms with Gasteiger partial charge in [0, 0.05) is 37.3 Å². The van der Waals surface area contributed by atoms with Crippen molar-refractivity contribution in [1.29, 1.82) is 0 Å². The Hall–Kier alpha value is -1.30. The van der Waals surface area contributed by atoms with Crippen LogP contribution < -0.4 is 5.32 Å². The molecule has 102 valence electrons. The second-order valence-electron chi connectivity index (χ2n) is 4.60. The predicted molar refractivity (Wildman–Crippen MR) is 79.1 cm³/mol. The molecule has 2 rings (SSSR count). The second kappa shape index (κ2) is 7.33. The van der Waals surface area contributed by atoms with Crippen molar-refractivity contribution in [3.8, 4) is 0 Å². The first kappa shape index (κ1) is 14.1. The zero-order valence-electron chi connectivity index (χ0n) is 11.5. The van der Waals surface area contributed by atoms with Crippen LogP contribution in [-0.4, -0.2) is 35.0 Å². The molecule has 0 fully saturated rings. The van der Waals surface area contributed by atoms with Crippen molar-refractivity contribution in [2.24, 2.45) is 0 Å². The van der Waals surface area contributed by atoms with Gasteiger partial charge in [0.15, 0.2) is 0 Å². The Kier molecular flexibility index (Phi) is 5.44. The lowest BCUT2D eigenvalue weighted by Crippen LogP contribution is -2.28. The van der Waals surface area contributed by atoms with Gasteiger partial charge in [-0.05, 0) is 26.1 Å². The number of hydrogen-bond donors (Lipinski definition) is 1. The molecule has 0 bridgehead atoms. The molecule has 0 aliphatic carbocycles.